The van der Waals surface area contributed by atoms with E-state index in [0.29, 0.717) is 11.3 Å². The molecule has 3 aromatic rings. The van der Waals surface area contributed by atoms with E-state index in [1.165, 1.54) is 12.1 Å². The van der Waals surface area contributed by atoms with Crippen LogP contribution < -0.4 is 11.2 Å². The number of rotatable bonds is 6. The number of hydrogen-bond acceptors (Lipinski definition) is 5. The number of amides is 1. The van der Waals surface area contributed by atoms with Crippen LogP contribution in [0.2, 0.25) is 0 Å². The molecule has 0 saturated carbocycles. The minimum Gasteiger partial charge on any atom is -0.398 e. The molecular weight excluding hydrogens is 344 g/mol. The van der Waals surface area contributed by atoms with E-state index in [0.717, 1.165) is 0 Å². The molecule has 0 unspecified atom stereocenters. The van der Waals surface area contributed by atoms with Crippen LogP contribution in [0.3, 0.4) is 0 Å². The van der Waals surface area contributed by atoms with Crippen LogP contribution in [0.4, 0.5) is 14.5 Å². The van der Waals surface area contributed by atoms with Gasteiger partial charge in [0, 0.05) is 16.8 Å². The molecule has 9 heteroatoms. The molecule has 0 aliphatic rings. The van der Waals surface area contributed by atoms with Crippen molar-refractivity contribution in [1.82, 2.24) is 20.7 Å². The summed E-state index contributed by atoms with van der Waals surface area (Å²) >= 11 is 0. The average molecular weight is 359 g/mol. The van der Waals surface area contributed by atoms with Crippen molar-refractivity contribution in [2.24, 2.45) is 0 Å². The molecule has 0 saturated heterocycles. The molecule has 0 aliphatic heterocycles. The standard InChI is InChI=1S/C17H15F2N5O2/c18-17(19,26-24-16(25)11-6-2-1-3-7-11)10-14-21-15(23-22-14)12-8-4-5-9-13(12)20/h1-9H,10,20H2,(H,24,25)(H,21,22,23). The Labute approximate surface area is 147 Å². The van der Waals surface area contributed by atoms with Crippen LogP contribution in [0.25, 0.3) is 11.4 Å². The topological polar surface area (TPSA) is 106 Å². The average Bonchev–Trinajstić information content (AvgIpc) is 3.08. The number of nitrogens with one attached hydrogen (secondary N) is 2. The summed E-state index contributed by atoms with van der Waals surface area (Å²) in [6.07, 6.45) is -4.58. The van der Waals surface area contributed by atoms with Crippen molar-refractivity contribution in [3.8, 4) is 11.4 Å². The summed E-state index contributed by atoms with van der Waals surface area (Å²) in [6, 6.07) is 14.7. The van der Waals surface area contributed by atoms with Gasteiger partial charge in [0.05, 0.1) is 0 Å². The van der Waals surface area contributed by atoms with Gasteiger partial charge in [-0.3, -0.25) is 9.89 Å². The van der Waals surface area contributed by atoms with Gasteiger partial charge in [0.15, 0.2) is 5.82 Å². The monoisotopic (exact) mass is 359 g/mol. The molecule has 1 heterocycles. The smallest absolute Gasteiger partial charge is 0.382 e. The largest absolute Gasteiger partial charge is 0.398 e. The summed E-state index contributed by atoms with van der Waals surface area (Å²) in [5, 5.41) is 6.30. The highest BCUT2D eigenvalue weighted by atomic mass is 19.3. The fraction of sp³-hybridized carbons (Fsp3) is 0.118. The van der Waals surface area contributed by atoms with Gasteiger partial charge in [-0.25, -0.2) is 15.3 Å². The van der Waals surface area contributed by atoms with Crippen molar-refractivity contribution in [2.75, 3.05) is 5.73 Å². The number of hydrogen-bond donors (Lipinski definition) is 3. The summed E-state index contributed by atoms with van der Waals surface area (Å²) < 4.78 is 27.9. The van der Waals surface area contributed by atoms with Crippen molar-refractivity contribution in [2.45, 2.75) is 12.5 Å². The lowest BCUT2D eigenvalue weighted by Crippen LogP contribution is -2.35. The van der Waals surface area contributed by atoms with Crippen molar-refractivity contribution < 1.29 is 18.4 Å². The molecule has 0 aliphatic carbocycles. The van der Waals surface area contributed by atoms with Crippen LogP contribution >= 0.6 is 0 Å². The normalized spacial score (nSPS) is 11.3. The van der Waals surface area contributed by atoms with E-state index in [2.05, 4.69) is 20.0 Å². The van der Waals surface area contributed by atoms with E-state index < -0.39 is 18.4 Å². The Hall–Kier alpha value is -3.33. The highest BCUT2D eigenvalue weighted by Gasteiger charge is 2.34. The van der Waals surface area contributed by atoms with E-state index in [-0.39, 0.29) is 17.2 Å². The number of aromatic amines is 1. The summed E-state index contributed by atoms with van der Waals surface area (Å²) in [5.41, 5.74) is 8.70. The van der Waals surface area contributed by atoms with Gasteiger partial charge in [-0.1, -0.05) is 30.3 Å². The van der Waals surface area contributed by atoms with Crippen LogP contribution in [-0.2, 0) is 11.3 Å². The second kappa shape index (κ2) is 7.28. The Kier molecular flexibility index (Phi) is 4.90. The molecule has 0 radical (unpaired) electrons. The Morgan fingerprint density at radius 1 is 1.15 bits per heavy atom. The van der Waals surface area contributed by atoms with Gasteiger partial charge < -0.3 is 5.73 Å². The maximum Gasteiger partial charge on any atom is 0.382 e. The first-order chi connectivity index (χ1) is 12.4. The van der Waals surface area contributed by atoms with Gasteiger partial charge in [0.2, 0.25) is 0 Å². The third kappa shape index (κ3) is 4.19. The first-order valence-electron chi connectivity index (χ1n) is 7.62. The van der Waals surface area contributed by atoms with Gasteiger partial charge in [0.1, 0.15) is 12.2 Å². The number of carbonyl (C=O) groups is 1. The van der Waals surface area contributed by atoms with Crippen LogP contribution in [0, 0.1) is 0 Å². The highest BCUT2D eigenvalue weighted by Crippen LogP contribution is 2.24. The van der Waals surface area contributed by atoms with Gasteiger partial charge in [-0.2, -0.15) is 13.9 Å². The number of nitrogens with two attached hydrogens (primary N) is 1. The number of H-pyrrole nitrogens is 1. The third-order valence-electron chi connectivity index (χ3n) is 3.44. The Balaban J connectivity index is 1.63. The van der Waals surface area contributed by atoms with Crippen molar-refractivity contribution in [1.29, 1.82) is 0 Å². The predicted octanol–water partition coefficient (Wildman–Crippen LogP) is 2.55. The summed E-state index contributed by atoms with van der Waals surface area (Å²) in [5.74, 6) is -0.690. The maximum atomic E-state index is 13.9. The number of aromatic nitrogens is 3. The first-order valence-corrected chi connectivity index (χ1v) is 7.62. The lowest BCUT2D eigenvalue weighted by atomic mass is 10.2. The fourth-order valence-corrected chi connectivity index (χ4v) is 2.20. The summed E-state index contributed by atoms with van der Waals surface area (Å²) in [7, 11) is 0. The molecule has 1 aromatic heterocycles. The zero-order valence-electron chi connectivity index (χ0n) is 13.4. The molecule has 0 spiro atoms. The number of anilines is 1. The Morgan fingerprint density at radius 3 is 2.58 bits per heavy atom. The minimum atomic E-state index is -3.68. The van der Waals surface area contributed by atoms with E-state index in [1.807, 2.05) is 0 Å². The summed E-state index contributed by atoms with van der Waals surface area (Å²) in [6.45, 7) is 0. The molecule has 134 valence electrons. The highest BCUT2D eigenvalue weighted by molar-refractivity contribution is 5.93. The van der Waals surface area contributed by atoms with E-state index in [1.54, 1.807) is 47.9 Å². The molecule has 2 aromatic carbocycles. The lowest BCUT2D eigenvalue weighted by molar-refractivity contribution is -0.261. The second-order valence-electron chi connectivity index (χ2n) is 5.41. The van der Waals surface area contributed by atoms with Crippen LogP contribution in [-0.4, -0.2) is 27.2 Å². The van der Waals surface area contributed by atoms with E-state index in [4.69, 9.17) is 5.73 Å². The second-order valence-corrected chi connectivity index (χ2v) is 5.41. The van der Waals surface area contributed by atoms with Crippen molar-refractivity contribution in [3.63, 3.8) is 0 Å². The molecular formula is C17H15F2N5O2. The van der Waals surface area contributed by atoms with Crippen molar-refractivity contribution >= 4 is 11.6 Å². The number of hydroxylamine groups is 1. The molecule has 0 bridgehead atoms. The number of nitrogen functional groups attached to an aromatic ring is 1. The SMILES string of the molecule is Nc1ccccc1-c1n[nH]c(CC(F)(F)ONC(=O)c2ccccc2)n1. The number of alkyl halides is 2. The Bertz CT molecular complexity index is 899. The van der Waals surface area contributed by atoms with Crippen LogP contribution in [0.1, 0.15) is 16.2 Å². The molecule has 3 rings (SSSR count). The van der Waals surface area contributed by atoms with E-state index in [9.17, 15) is 13.6 Å². The molecule has 1 amide bonds. The maximum absolute atomic E-state index is 13.9. The number of carbonyl (C=O) groups excluding carboxylic acids is 1. The molecule has 0 atom stereocenters. The van der Waals surface area contributed by atoms with Crippen LogP contribution in [0.15, 0.2) is 54.6 Å². The van der Waals surface area contributed by atoms with Crippen molar-refractivity contribution in [3.05, 3.63) is 66.0 Å². The zero-order chi connectivity index (χ0) is 18.6. The first kappa shape index (κ1) is 17.5. The quantitative estimate of drug-likeness (QED) is 0.463. The number of para-hydroxylation sites is 1. The predicted molar refractivity (Wildman–Crippen MR) is 89.9 cm³/mol. The van der Waals surface area contributed by atoms with Gasteiger partial charge >= 0.3 is 6.11 Å². The Morgan fingerprint density at radius 2 is 1.85 bits per heavy atom. The summed E-state index contributed by atoms with van der Waals surface area (Å²) in [4.78, 5) is 20.0. The van der Waals surface area contributed by atoms with Gasteiger partial charge in [0.25, 0.3) is 5.91 Å². The molecule has 4 N–H and O–H groups in total. The number of halogens is 2. The minimum absolute atomic E-state index is 0.109. The fourth-order valence-electron chi connectivity index (χ4n) is 2.20. The zero-order valence-corrected chi connectivity index (χ0v) is 13.4. The van der Waals surface area contributed by atoms with Gasteiger partial charge in [-0.15, -0.1) is 0 Å². The van der Waals surface area contributed by atoms with E-state index >= 15 is 0 Å². The van der Waals surface area contributed by atoms with Gasteiger partial charge in [-0.05, 0) is 24.3 Å². The molecule has 7 nitrogen and oxygen atoms in total. The third-order valence-corrected chi connectivity index (χ3v) is 3.44. The lowest BCUT2D eigenvalue weighted by Gasteiger charge is -2.15. The number of benzene rings is 2. The molecule has 0 fully saturated rings. The molecule has 26 heavy (non-hydrogen) atoms. The van der Waals surface area contributed by atoms with Crippen LogP contribution in [0.5, 0.6) is 0 Å². The number of nitrogens with zero attached hydrogens (tertiary/aromatic N) is 2.